The van der Waals surface area contributed by atoms with E-state index in [1.807, 2.05) is 24.3 Å². The Bertz CT molecular complexity index is 774. The van der Waals surface area contributed by atoms with E-state index in [9.17, 15) is 14.0 Å². The summed E-state index contributed by atoms with van der Waals surface area (Å²) in [7, 11) is 2.92. The monoisotopic (exact) mass is 387 g/mol. The highest BCUT2D eigenvalue weighted by Gasteiger charge is 2.21. The summed E-state index contributed by atoms with van der Waals surface area (Å²) in [5, 5.41) is 0. The number of ether oxygens (including phenoxy) is 2. The molecule has 0 saturated heterocycles. The van der Waals surface area contributed by atoms with Gasteiger partial charge < -0.3 is 14.4 Å². The Morgan fingerprint density at radius 1 is 1.00 bits per heavy atom. The summed E-state index contributed by atoms with van der Waals surface area (Å²) in [6.45, 7) is 2.43. The van der Waals surface area contributed by atoms with Gasteiger partial charge in [-0.2, -0.15) is 0 Å². The molecule has 6 heteroatoms. The molecule has 2 rings (SSSR count). The largest absolute Gasteiger partial charge is 0.497 e. The van der Waals surface area contributed by atoms with Crippen molar-refractivity contribution in [1.82, 2.24) is 4.90 Å². The molecular formula is C22H26FNO4. The van der Waals surface area contributed by atoms with Crippen molar-refractivity contribution in [3.8, 4) is 5.75 Å². The average molecular weight is 387 g/mol. The SMILES string of the molecule is COC(=O)C(C)CN(CCc1ccc(F)cc1)C(=O)Cc1ccc(OC)cc1. The van der Waals surface area contributed by atoms with E-state index in [0.717, 1.165) is 16.9 Å². The quantitative estimate of drug-likeness (QED) is 0.620. The number of esters is 1. The highest BCUT2D eigenvalue weighted by atomic mass is 19.1. The van der Waals surface area contributed by atoms with Crippen LogP contribution in [0.3, 0.4) is 0 Å². The molecule has 0 saturated carbocycles. The summed E-state index contributed by atoms with van der Waals surface area (Å²) in [4.78, 5) is 26.3. The van der Waals surface area contributed by atoms with Gasteiger partial charge in [0.15, 0.2) is 0 Å². The number of benzene rings is 2. The molecule has 0 N–H and O–H groups in total. The third-order valence-electron chi connectivity index (χ3n) is 4.55. The molecule has 1 atom stereocenters. The standard InChI is InChI=1S/C22H26FNO4/c1-16(22(26)28-3)15-24(13-12-17-4-8-19(23)9-5-17)21(25)14-18-6-10-20(27-2)11-7-18/h4-11,16H,12-15H2,1-3H3. The molecule has 0 aliphatic heterocycles. The Kier molecular flexibility index (Phi) is 7.99. The summed E-state index contributed by atoms with van der Waals surface area (Å²) in [5.74, 6) is -0.440. The summed E-state index contributed by atoms with van der Waals surface area (Å²) < 4.78 is 23.0. The Balaban J connectivity index is 2.07. The van der Waals surface area contributed by atoms with E-state index < -0.39 is 5.92 Å². The first kappa shape index (κ1) is 21.4. The lowest BCUT2D eigenvalue weighted by atomic mass is 10.1. The predicted molar refractivity (Wildman–Crippen MR) is 105 cm³/mol. The first-order valence-corrected chi connectivity index (χ1v) is 9.16. The molecule has 2 aromatic rings. The maximum Gasteiger partial charge on any atom is 0.310 e. The molecular weight excluding hydrogens is 361 g/mol. The number of nitrogens with zero attached hydrogens (tertiary/aromatic N) is 1. The lowest BCUT2D eigenvalue weighted by Gasteiger charge is -2.25. The van der Waals surface area contributed by atoms with Crippen LogP contribution in [-0.4, -0.2) is 44.1 Å². The number of halogens is 1. The van der Waals surface area contributed by atoms with Crippen LogP contribution in [0.1, 0.15) is 18.1 Å². The molecule has 5 nitrogen and oxygen atoms in total. The molecule has 0 radical (unpaired) electrons. The number of methoxy groups -OCH3 is 2. The van der Waals surface area contributed by atoms with Crippen molar-refractivity contribution >= 4 is 11.9 Å². The van der Waals surface area contributed by atoms with Crippen LogP contribution in [0.4, 0.5) is 4.39 Å². The number of carbonyl (C=O) groups is 2. The molecule has 0 fully saturated rings. The summed E-state index contributed by atoms with van der Waals surface area (Å²) >= 11 is 0. The molecule has 150 valence electrons. The second kappa shape index (κ2) is 10.4. The van der Waals surface area contributed by atoms with Crippen LogP contribution in [0.2, 0.25) is 0 Å². The van der Waals surface area contributed by atoms with Crippen molar-refractivity contribution in [2.45, 2.75) is 19.8 Å². The normalized spacial score (nSPS) is 11.6. The smallest absolute Gasteiger partial charge is 0.310 e. The second-order valence-electron chi connectivity index (χ2n) is 6.67. The number of rotatable bonds is 9. The fourth-order valence-corrected chi connectivity index (χ4v) is 2.87. The van der Waals surface area contributed by atoms with Crippen molar-refractivity contribution in [2.24, 2.45) is 5.92 Å². The van der Waals surface area contributed by atoms with Gasteiger partial charge in [0.1, 0.15) is 11.6 Å². The minimum Gasteiger partial charge on any atom is -0.497 e. The molecule has 0 aromatic heterocycles. The van der Waals surface area contributed by atoms with E-state index in [-0.39, 0.29) is 30.7 Å². The lowest BCUT2D eigenvalue weighted by Crippen LogP contribution is -2.39. The van der Waals surface area contributed by atoms with E-state index >= 15 is 0 Å². The Labute approximate surface area is 165 Å². The van der Waals surface area contributed by atoms with E-state index in [4.69, 9.17) is 9.47 Å². The van der Waals surface area contributed by atoms with Gasteiger partial charge in [-0.05, 0) is 41.8 Å². The van der Waals surface area contributed by atoms with Crippen LogP contribution >= 0.6 is 0 Å². The van der Waals surface area contributed by atoms with Crippen LogP contribution in [0.15, 0.2) is 48.5 Å². The van der Waals surface area contributed by atoms with Gasteiger partial charge in [-0.15, -0.1) is 0 Å². The van der Waals surface area contributed by atoms with E-state index in [0.29, 0.717) is 13.0 Å². The van der Waals surface area contributed by atoms with Gasteiger partial charge in [0.2, 0.25) is 5.91 Å². The second-order valence-corrected chi connectivity index (χ2v) is 6.67. The van der Waals surface area contributed by atoms with Crippen molar-refractivity contribution in [3.05, 3.63) is 65.5 Å². The van der Waals surface area contributed by atoms with E-state index in [1.54, 1.807) is 31.1 Å². The maximum absolute atomic E-state index is 13.1. The zero-order valence-electron chi connectivity index (χ0n) is 16.5. The molecule has 0 spiro atoms. The van der Waals surface area contributed by atoms with Gasteiger partial charge in [-0.25, -0.2) is 4.39 Å². The fourth-order valence-electron chi connectivity index (χ4n) is 2.87. The van der Waals surface area contributed by atoms with Gasteiger partial charge in [-0.1, -0.05) is 31.2 Å². The van der Waals surface area contributed by atoms with Gasteiger partial charge in [0.05, 0.1) is 26.6 Å². The molecule has 1 unspecified atom stereocenters. The topological polar surface area (TPSA) is 55.8 Å². The van der Waals surface area contributed by atoms with Gasteiger partial charge in [0.25, 0.3) is 0 Å². The number of amides is 1. The minimum absolute atomic E-state index is 0.0805. The molecule has 0 bridgehead atoms. The summed E-state index contributed by atoms with van der Waals surface area (Å²) in [6.07, 6.45) is 0.795. The zero-order chi connectivity index (χ0) is 20.5. The van der Waals surface area contributed by atoms with Crippen LogP contribution in [0.25, 0.3) is 0 Å². The molecule has 0 aliphatic rings. The molecule has 1 amide bonds. The summed E-state index contributed by atoms with van der Waals surface area (Å²) in [6, 6.07) is 13.5. The van der Waals surface area contributed by atoms with Gasteiger partial charge in [0, 0.05) is 13.1 Å². The van der Waals surface area contributed by atoms with Gasteiger partial charge in [-0.3, -0.25) is 9.59 Å². The third kappa shape index (κ3) is 6.37. The molecule has 0 heterocycles. The fraction of sp³-hybridized carbons (Fsp3) is 0.364. The van der Waals surface area contributed by atoms with E-state index in [1.165, 1.54) is 19.2 Å². The van der Waals surface area contributed by atoms with Crippen LogP contribution in [0.5, 0.6) is 5.75 Å². The first-order chi connectivity index (χ1) is 13.4. The Morgan fingerprint density at radius 2 is 1.61 bits per heavy atom. The minimum atomic E-state index is -0.432. The molecule has 0 aliphatic carbocycles. The van der Waals surface area contributed by atoms with E-state index in [2.05, 4.69) is 0 Å². The number of carbonyl (C=O) groups excluding carboxylic acids is 2. The zero-order valence-corrected chi connectivity index (χ0v) is 16.5. The molecule has 2 aromatic carbocycles. The Morgan fingerprint density at radius 3 is 2.18 bits per heavy atom. The number of hydrogen-bond donors (Lipinski definition) is 0. The molecule has 28 heavy (non-hydrogen) atoms. The predicted octanol–water partition coefficient (Wildman–Crippen LogP) is 3.26. The average Bonchev–Trinajstić information content (AvgIpc) is 2.71. The van der Waals surface area contributed by atoms with Crippen molar-refractivity contribution in [1.29, 1.82) is 0 Å². The third-order valence-corrected chi connectivity index (χ3v) is 4.55. The van der Waals surface area contributed by atoms with Gasteiger partial charge >= 0.3 is 5.97 Å². The van der Waals surface area contributed by atoms with Crippen LogP contribution in [0, 0.1) is 11.7 Å². The highest BCUT2D eigenvalue weighted by molar-refractivity contribution is 5.80. The first-order valence-electron chi connectivity index (χ1n) is 9.16. The van der Waals surface area contributed by atoms with Crippen molar-refractivity contribution < 1.29 is 23.5 Å². The highest BCUT2D eigenvalue weighted by Crippen LogP contribution is 2.14. The summed E-state index contributed by atoms with van der Waals surface area (Å²) in [5.41, 5.74) is 1.79. The van der Waals surface area contributed by atoms with Crippen LogP contribution < -0.4 is 4.74 Å². The Hall–Kier alpha value is -2.89. The lowest BCUT2D eigenvalue weighted by molar-refractivity contribution is -0.146. The van der Waals surface area contributed by atoms with Crippen LogP contribution in [-0.2, 0) is 27.2 Å². The van der Waals surface area contributed by atoms with Crippen molar-refractivity contribution in [2.75, 3.05) is 27.3 Å². The number of hydrogen-bond acceptors (Lipinski definition) is 4. The van der Waals surface area contributed by atoms with Crippen molar-refractivity contribution in [3.63, 3.8) is 0 Å². The maximum atomic E-state index is 13.1.